The van der Waals surface area contributed by atoms with E-state index in [0.29, 0.717) is 39.6 Å². The first-order chi connectivity index (χ1) is 9.52. The van der Waals surface area contributed by atoms with Crippen molar-refractivity contribution < 1.29 is 9.53 Å². The lowest BCUT2D eigenvalue weighted by molar-refractivity contribution is 0.102. The summed E-state index contributed by atoms with van der Waals surface area (Å²) in [5.41, 5.74) is 7.03. The summed E-state index contributed by atoms with van der Waals surface area (Å²) >= 11 is 9.27. The summed E-state index contributed by atoms with van der Waals surface area (Å²) in [6.45, 7) is 0.950. The number of benzene rings is 1. The molecule has 1 heterocycles. The van der Waals surface area contributed by atoms with Gasteiger partial charge < -0.3 is 10.5 Å². The van der Waals surface area contributed by atoms with Crippen molar-refractivity contribution in [1.29, 1.82) is 0 Å². The Hall–Kier alpha value is -1.37. The summed E-state index contributed by atoms with van der Waals surface area (Å²) in [4.78, 5) is 12.6. The lowest BCUT2D eigenvalue weighted by Gasteiger charge is -2.08. The molecule has 0 spiro atoms. The first-order valence-electron chi connectivity index (χ1n) is 5.84. The van der Waals surface area contributed by atoms with Gasteiger partial charge in [-0.15, -0.1) is 0 Å². The molecule has 0 saturated carbocycles. The van der Waals surface area contributed by atoms with Crippen molar-refractivity contribution in [3.05, 3.63) is 45.1 Å². The Kier molecular flexibility index (Phi) is 4.80. The van der Waals surface area contributed by atoms with Crippen LogP contribution in [-0.2, 0) is 11.3 Å². The predicted molar refractivity (Wildman–Crippen MR) is 81.1 cm³/mol. The second kappa shape index (κ2) is 6.39. The second-order valence-corrected chi connectivity index (χ2v) is 5.45. The number of ether oxygens (including phenoxy) is 1. The van der Waals surface area contributed by atoms with Gasteiger partial charge in [-0.3, -0.25) is 9.48 Å². The van der Waals surface area contributed by atoms with Crippen LogP contribution in [0.1, 0.15) is 16.1 Å². The molecule has 2 rings (SSSR count). The number of nitrogens with two attached hydrogens (primary N) is 1. The molecule has 0 bridgehead atoms. The SMILES string of the molecule is COCCn1ncc(Br)c1C(=O)c1cc(N)cc(Cl)c1. The number of anilines is 1. The van der Waals surface area contributed by atoms with Crippen LogP contribution in [0.25, 0.3) is 0 Å². The van der Waals surface area contributed by atoms with Crippen LogP contribution in [0.2, 0.25) is 5.02 Å². The molecule has 0 atom stereocenters. The van der Waals surface area contributed by atoms with Crippen LogP contribution in [0.3, 0.4) is 0 Å². The highest BCUT2D eigenvalue weighted by molar-refractivity contribution is 9.10. The van der Waals surface area contributed by atoms with Crippen molar-refractivity contribution in [3.63, 3.8) is 0 Å². The van der Waals surface area contributed by atoms with E-state index in [1.165, 1.54) is 0 Å². The molecule has 0 aliphatic rings. The van der Waals surface area contributed by atoms with E-state index < -0.39 is 0 Å². The van der Waals surface area contributed by atoms with Crippen LogP contribution in [0, 0.1) is 0 Å². The van der Waals surface area contributed by atoms with Gasteiger partial charge in [-0.1, -0.05) is 11.6 Å². The van der Waals surface area contributed by atoms with Crippen molar-refractivity contribution in [3.8, 4) is 0 Å². The number of nitrogens with zero attached hydrogens (tertiary/aromatic N) is 2. The molecule has 0 aliphatic carbocycles. The van der Waals surface area contributed by atoms with E-state index in [-0.39, 0.29) is 5.78 Å². The van der Waals surface area contributed by atoms with Gasteiger partial charge in [0.25, 0.3) is 0 Å². The molecule has 5 nitrogen and oxygen atoms in total. The van der Waals surface area contributed by atoms with Crippen LogP contribution in [0.4, 0.5) is 5.69 Å². The van der Waals surface area contributed by atoms with Gasteiger partial charge in [-0.05, 0) is 34.1 Å². The maximum atomic E-state index is 12.6. The monoisotopic (exact) mass is 357 g/mol. The Balaban J connectivity index is 2.39. The van der Waals surface area contributed by atoms with Crippen molar-refractivity contribution in [2.75, 3.05) is 19.5 Å². The van der Waals surface area contributed by atoms with E-state index in [1.54, 1.807) is 36.2 Å². The number of aromatic nitrogens is 2. The second-order valence-electron chi connectivity index (χ2n) is 4.16. The Bertz CT molecular complexity index is 622. The molecule has 0 amide bonds. The van der Waals surface area contributed by atoms with Crippen molar-refractivity contribution in [2.24, 2.45) is 0 Å². The molecule has 0 radical (unpaired) electrons. The third kappa shape index (κ3) is 3.20. The minimum atomic E-state index is -0.195. The van der Waals surface area contributed by atoms with Gasteiger partial charge in [0.05, 0.1) is 23.8 Å². The van der Waals surface area contributed by atoms with Crippen LogP contribution in [0.5, 0.6) is 0 Å². The average molecular weight is 359 g/mol. The molecule has 2 aromatic rings. The summed E-state index contributed by atoms with van der Waals surface area (Å²) in [5.74, 6) is -0.195. The Morgan fingerprint density at radius 3 is 2.90 bits per heavy atom. The summed E-state index contributed by atoms with van der Waals surface area (Å²) in [7, 11) is 1.59. The number of hydrogen-bond donors (Lipinski definition) is 1. The van der Waals surface area contributed by atoms with Gasteiger partial charge >= 0.3 is 0 Å². The zero-order valence-corrected chi connectivity index (χ0v) is 13.1. The van der Waals surface area contributed by atoms with Crippen molar-refractivity contribution in [1.82, 2.24) is 9.78 Å². The Morgan fingerprint density at radius 2 is 2.25 bits per heavy atom. The standard InChI is InChI=1S/C13H13BrClN3O2/c1-20-3-2-18-12(11(14)7-17-18)13(19)8-4-9(15)6-10(16)5-8/h4-7H,2-3,16H2,1H3. The molecule has 0 fully saturated rings. The van der Waals surface area contributed by atoms with E-state index >= 15 is 0 Å². The molecule has 7 heteroatoms. The molecule has 0 saturated heterocycles. The highest BCUT2D eigenvalue weighted by Gasteiger charge is 2.19. The topological polar surface area (TPSA) is 70.1 Å². The number of halogens is 2. The molecule has 0 aliphatic heterocycles. The fourth-order valence-electron chi connectivity index (χ4n) is 1.82. The summed E-state index contributed by atoms with van der Waals surface area (Å²) < 4.78 is 7.22. The third-order valence-electron chi connectivity index (χ3n) is 2.70. The zero-order valence-electron chi connectivity index (χ0n) is 10.8. The highest BCUT2D eigenvalue weighted by atomic mass is 79.9. The fraction of sp³-hybridized carbons (Fsp3) is 0.231. The minimum absolute atomic E-state index is 0.195. The largest absolute Gasteiger partial charge is 0.399 e. The summed E-state index contributed by atoms with van der Waals surface area (Å²) in [6, 6.07) is 4.77. The maximum Gasteiger partial charge on any atom is 0.212 e. The maximum absolute atomic E-state index is 12.6. The number of hydrogen-bond acceptors (Lipinski definition) is 4. The molecule has 0 unspecified atom stereocenters. The summed E-state index contributed by atoms with van der Waals surface area (Å²) in [6.07, 6.45) is 1.58. The van der Waals surface area contributed by atoms with Crippen molar-refractivity contribution in [2.45, 2.75) is 6.54 Å². The first-order valence-corrected chi connectivity index (χ1v) is 7.01. The van der Waals surface area contributed by atoms with Crippen molar-refractivity contribution >= 4 is 39.0 Å². The number of carbonyl (C=O) groups excluding carboxylic acids is 1. The highest BCUT2D eigenvalue weighted by Crippen LogP contribution is 2.23. The molecule has 1 aromatic heterocycles. The van der Waals surface area contributed by atoms with E-state index in [2.05, 4.69) is 21.0 Å². The van der Waals surface area contributed by atoms with Gasteiger partial charge in [-0.2, -0.15) is 5.10 Å². The number of ketones is 1. The molecule has 20 heavy (non-hydrogen) atoms. The molecule has 2 N–H and O–H groups in total. The van der Waals surface area contributed by atoms with Gasteiger partial charge in [0.15, 0.2) is 0 Å². The Labute approximate surface area is 129 Å². The average Bonchev–Trinajstić information content (AvgIpc) is 2.75. The minimum Gasteiger partial charge on any atom is -0.399 e. The third-order valence-corrected chi connectivity index (χ3v) is 3.50. The molecular weight excluding hydrogens is 346 g/mol. The lowest BCUT2D eigenvalue weighted by atomic mass is 10.1. The van der Waals surface area contributed by atoms with E-state index in [0.717, 1.165) is 0 Å². The number of carbonyl (C=O) groups is 1. The van der Waals surface area contributed by atoms with Crippen LogP contribution in [-0.4, -0.2) is 29.3 Å². The van der Waals surface area contributed by atoms with E-state index in [9.17, 15) is 4.79 Å². The quantitative estimate of drug-likeness (QED) is 0.659. The fourth-order valence-corrected chi connectivity index (χ4v) is 2.54. The number of methoxy groups -OCH3 is 1. The van der Waals surface area contributed by atoms with Gasteiger partial charge in [-0.25, -0.2) is 0 Å². The molecule has 106 valence electrons. The van der Waals surface area contributed by atoms with E-state index in [1.807, 2.05) is 0 Å². The molecule has 1 aromatic carbocycles. The van der Waals surface area contributed by atoms with Gasteiger partial charge in [0.1, 0.15) is 5.69 Å². The number of rotatable bonds is 5. The van der Waals surface area contributed by atoms with Crippen LogP contribution < -0.4 is 5.73 Å². The zero-order chi connectivity index (χ0) is 14.7. The Morgan fingerprint density at radius 1 is 1.50 bits per heavy atom. The van der Waals surface area contributed by atoms with Gasteiger partial charge in [0.2, 0.25) is 5.78 Å². The lowest BCUT2D eigenvalue weighted by Crippen LogP contribution is -2.15. The number of nitrogen functional groups attached to an aromatic ring is 1. The van der Waals surface area contributed by atoms with Crippen LogP contribution >= 0.6 is 27.5 Å². The van der Waals surface area contributed by atoms with Crippen LogP contribution in [0.15, 0.2) is 28.9 Å². The normalized spacial score (nSPS) is 10.8. The van der Waals surface area contributed by atoms with Gasteiger partial charge in [0, 0.05) is 23.4 Å². The molecular formula is C13H13BrClN3O2. The first kappa shape index (κ1) is 15.0. The predicted octanol–water partition coefficient (Wildman–Crippen LogP) is 2.76. The van der Waals surface area contributed by atoms with E-state index in [4.69, 9.17) is 22.1 Å². The summed E-state index contributed by atoms with van der Waals surface area (Å²) in [5, 5.41) is 4.57. The smallest absolute Gasteiger partial charge is 0.212 e.